The van der Waals surface area contributed by atoms with E-state index >= 15 is 0 Å². The standard InChI is InChI=1S/C22H35F3N4O2.HI/c1-4-26-21(27-12-19(30)15-31-20-8-6-7-17(3)11-20)29-10-9-18(14-29)13-28(5-2)16-22(23,24)25;/h6-8,11,18-19,30H,4-5,9-10,12-16H2,1-3H3,(H,26,27);1H. The lowest BCUT2D eigenvalue weighted by atomic mass is 10.1. The van der Waals surface area contributed by atoms with Gasteiger partial charge in [0.25, 0.3) is 0 Å². The first-order valence-corrected chi connectivity index (χ1v) is 10.9. The molecule has 2 unspecified atom stereocenters. The molecule has 1 saturated heterocycles. The summed E-state index contributed by atoms with van der Waals surface area (Å²) in [6, 6.07) is 7.62. The van der Waals surface area contributed by atoms with E-state index in [1.807, 2.05) is 38.1 Å². The molecular formula is C22H36F3IN4O2. The van der Waals surface area contributed by atoms with Gasteiger partial charge in [-0.25, -0.2) is 0 Å². The zero-order valence-corrected chi connectivity index (χ0v) is 21.4. The van der Waals surface area contributed by atoms with Crippen LogP contribution in [0.4, 0.5) is 13.2 Å². The van der Waals surface area contributed by atoms with E-state index in [0.29, 0.717) is 37.9 Å². The average Bonchev–Trinajstić information content (AvgIpc) is 3.16. The van der Waals surface area contributed by atoms with E-state index in [4.69, 9.17) is 4.74 Å². The molecule has 0 amide bonds. The molecule has 1 heterocycles. The first-order valence-electron chi connectivity index (χ1n) is 10.9. The number of aliphatic imine (C=N–C) groups is 1. The zero-order chi connectivity index (χ0) is 22.9. The lowest BCUT2D eigenvalue weighted by Gasteiger charge is -2.26. The second kappa shape index (κ2) is 14.1. The molecule has 6 nitrogen and oxygen atoms in total. The van der Waals surface area contributed by atoms with E-state index in [9.17, 15) is 18.3 Å². The molecule has 0 saturated carbocycles. The Balaban J connectivity index is 0.00000512. The topological polar surface area (TPSA) is 60.3 Å². The van der Waals surface area contributed by atoms with Gasteiger partial charge in [0, 0.05) is 26.2 Å². The van der Waals surface area contributed by atoms with Gasteiger partial charge in [-0.15, -0.1) is 24.0 Å². The maximum absolute atomic E-state index is 12.7. The number of hydrogen-bond donors (Lipinski definition) is 2. The molecule has 0 aromatic heterocycles. The van der Waals surface area contributed by atoms with Crippen LogP contribution in [-0.4, -0.2) is 85.6 Å². The lowest BCUT2D eigenvalue weighted by Crippen LogP contribution is -2.42. The summed E-state index contributed by atoms with van der Waals surface area (Å²) < 4.78 is 43.8. The highest BCUT2D eigenvalue weighted by Crippen LogP contribution is 2.21. The molecule has 2 N–H and O–H groups in total. The Hall–Kier alpha value is -1.27. The Morgan fingerprint density at radius 3 is 2.75 bits per heavy atom. The van der Waals surface area contributed by atoms with Crippen molar-refractivity contribution < 1.29 is 23.0 Å². The minimum atomic E-state index is -4.18. The number of aliphatic hydroxyl groups excluding tert-OH is 1. The van der Waals surface area contributed by atoms with Crippen LogP contribution in [0.2, 0.25) is 0 Å². The number of rotatable bonds is 10. The van der Waals surface area contributed by atoms with Gasteiger partial charge >= 0.3 is 6.18 Å². The van der Waals surface area contributed by atoms with Gasteiger partial charge in [0.2, 0.25) is 0 Å². The van der Waals surface area contributed by atoms with Crippen LogP contribution >= 0.6 is 24.0 Å². The van der Waals surface area contributed by atoms with Gasteiger partial charge in [0.05, 0.1) is 13.1 Å². The molecule has 1 aromatic rings. The smallest absolute Gasteiger partial charge is 0.401 e. The molecule has 1 fully saturated rings. The van der Waals surface area contributed by atoms with E-state index in [-0.39, 0.29) is 43.0 Å². The fourth-order valence-electron chi connectivity index (χ4n) is 3.67. The van der Waals surface area contributed by atoms with Crippen LogP contribution < -0.4 is 10.1 Å². The summed E-state index contributed by atoms with van der Waals surface area (Å²) in [4.78, 5) is 8.03. The monoisotopic (exact) mass is 572 g/mol. The maximum Gasteiger partial charge on any atom is 0.401 e. The first-order chi connectivity index (χ1) is 14.7. The van der Waals surface area contributed by atoms with Crippen molar-refractivity contribution in [3.05, 3.63) is 29.8 Å². The number of nitrogens with zero attached hydrogens (tertiary/aromatic N) is 3. The highest BCUT2D eigenvalue weighted by molar-refractivity contribution is 14.0. The fourth-order valence-corrected chi connectivity index (χ4v) is 3.67. The number of nitrogens with one attached hydrogen (secondary N) is 1. The number of hydrogen-bond acceptors (Lipinski definition) is 4. The molecule has 184 valence electrons. The van der Waals surface area contributed by atoms with E-state index in [1.54, 1.807) is 6.92 Å². The van der Waals surface area contributed by atoms with Crippen LogP contribution in [0.15, 0.2) is 29.3 Å². The summed E-state index contributed by atoms with van der Waals surface area (Å²) in [6.07, 6.45) is -4.12. The first kappa shape index (κ1) is 28.8. The van der Waals surface area contributed by atoms with Crippen molar-refractivity contribution in [1.29, 1.82) is 0 Å². The second-order valence-corrected chi connectivity index (χ2v) is 8.02. The third-order valence-corrected chi connectivity index (χ3v) is 5.17. The molecule has 1 aromatic carbocycles. The molecule has 1 aliphatic heterocycles. The molecule has 2 atom stereocenters. The molecule has 0 aliphatic carbocycles. The van der Waals surface area contributed by atoms with E-state index in [1.165, 1.54) is 4.90 Å². The van der Waals surface area contributed by atoms with Crippen molar-refractivity contribution in [1.82, 2.24) is 15.1 Å². The number of guanidine groups is 1. The van der Waals surface area contributed by atoms with Crippen LogP contribution in [0.1, 0.15) is 25.8 Å². The SMILES string of the molecule is CCNC(=NCC(O)COc1cccc(C)c1)N1CCC(CN(CC)CC(F)(F)F)C1.I. The molecule has 10 heteroatoms. The maximum atomic E-state index is 12.7. The van der Waals surface area contributed by atoms with E-state index < -0.39 is 18.8 Å². The Bertz CT molecular complexity index is 706. The number of halogens is 4. The number of likely N-dealkylation sites (tertiary alicyclic amines) is 1. The van der Waals surface area contributed by atoms with Gasteiger partial charge in [-0.05, 0) is 50.4 Å². The van der Waals surface area contributed by atoms with Crippen molar-refractivity contribution >= 4 is 29.9 Å². The summed E-state index contributed by atoms with van der Waals surface area (Å²) in [5.41, 5.74) is 1.08. The van der Waals surface area contributed by atoms with Crippen LogP contribution in [-0.2, 0) is 0 Å². The van der Waals surface area contributed by atoms with Crippen molar-refractivity contribution in [2.24, 2.45) is 10.9 Å². The number of aliphatic hydroxyl groups is 1. The minimum Gasteiger partial charge on any atom is -0.491 e. The largest absolute Gasteiger partial charge is 0.491 e. The number of aryl methyl sites for hydroxylation is 1. The van der Waals surface area contributed by atoms with Gasteiger partial charge < -0.3 is 20.1 Å². The predicted octanol–water partition coefficient (Wildman–Crippen LogP) is 3.52. The van der Waals surface area contributed by atoms with Gasteiger partial charge in [0.1, 0.15) is 18.5 Å². The third-order valence-electron chi connectivity index (χ3n) is 5.17. The van der Waals surface area contributed by atoms with Crippen LogP contribution in [0.25, 0.3) is 0 Å². The molecule has 0 spiro atoms. The van der Waals surface area contributed by atoms with Gasteiger partial charge in [-0.2, -0.15) is 13.2 Å². The Morgan fingerprint density at radius 2 is 2.12 bits per heavy atom. The molecule has 1 aliphatic rings. The van der Waals surface area contributed by atoms with Gasteiger partial charge in [0.15, 0.2) is 5.96 Å². The van der Waals surface area contributed by atoms with Crippen molar-refractivity contribution in [3.63, 3.8) is 0 Å². The summed E-state index contributed by atoms with van der Waals surface area (Å²) >= 11 is 0. The molecule has 32 heavy (non-hydrogen) atoms. The zero-order valence-electron chi connectivity index (χ0n) is 19.1. The summed E-state index contributed by atoms with van der Waals surface area (Å²) in [5, 5.41) is 13.5. The lowest BCUT2D eigenvalue weighted by molar-refractivity contribution is -0.146. The second-order valence-electron chi connectivity index (χ2n) is 8.02. The van der Waals surface area contributed by atoms with Gasteiger partial charge in [-0.1, -0.05) is 19.1 Å². The number of benzene rings is 1. The predicted molar refractivity (Wildman–Crippen MR) is 132 cm³/mol. The summed E-state index contributed by atoms with van der Waals surface area (Å²) in [6.45, 7) is 7.98. The highest BCUT2D eigenvalue weighted by Gasteiger charge is 2.33. The third kappa shape index (κ3) is 10.6. The van der Waals surface area contributed by atoms with Crippen molar-refractivity contribution in [3.8, 4) is 5.75 Å². The van der Waals surface area contributed by atoms with Crippen LogP contribution in [0, 0.1) is 12.8 Å². The highest BCUT2D eigenvalue weighted by atomic mass is 127. The average molecular weight is 572 g/mol. The van der Waals surface area contributed by atoms with Crippen molar-refractivity contribution in [2.45, 2.75) is 39.5 Å². The van der Waals surface area contributed by atoms with Crippen molar-refractivity contribution in [2.75, 3.05) is 52.4 Å². The quantitative estimate of drug-likeness (QED) is 0.256. The van der Waals surface area contributed by atoms with E-state index in [2.05, 4.69) is 15.2 Å². The number of alkyl halides is 3. The fraction of sp³-hybridized carbons (Fsp3) is 0.682. The Kier molecular flexibility index (Phi) is 12.7. The van der Waals surface area contributed by atoms with Gasteiger partial charge in [-0.3, -0.25) is 9.89 Å². The Labute approximate surface area is 206 Å². The minimum absolute atomic E-state index is 0. The van der Waals surface area contributed by atoms with E-state index in [0.717, 1.165) is 18.5 Å². The normalized spacial score (nSPS) is 17.9. The summed E-state index contributed by atoms with van der Waals surface area (Å²) in [7, 11) is 0. The van der Waals surface area contributed by atoms with Crippen LogP contribution in [0.5, 0.6) is 5.75 Å². The summed E-state index contributed by atoms with van der Waals surface area (Å²) in [5.74, 6) is 1.54. The Morgan fingerprint density at radius 1 is 1.38 bits per heavy atom. The molecule has 0 radical (unpaired) electrons. The molecular weight excluding hydrogens is 536 g/mol. The number of ether oxygens (including phenoxy) is 1. The molecule has 2 rings (SSSR count). The van der Waals surface area contributed by atoms with Crippen LogP contribution in [0.3, 0.4) is 0 Å². The molecule has 0 bridgehead atoms.